The van der Waals surface area contributed by atoms with Gasteiger partial charge in [0.05, 0.1) is 12.0 Å². The number of amides is 1. The van der Waals surface area contributed by atoms with E-state index in [1.54, 1.807) is 13.8 Å². The lowest BCUT2D eigenvalue weighted by atomic mass is 10.2. The van der Waals surface area contributed by atoms with Crippen LogP contribution in [-0.2, 0) is 9.53 Å². The molecule has 1 heterocycles. The second kappa shape index (κ2) is 4.50. The summed E-state index contributed by atoms with van der Waals surface area (Å²) in [5.41, 5.74) is 0. The molecule has 13 heavy (non-hydrogen) atoms. The summed E-state index contributed by atoms with van der Waals surface area (Å²) < 4.78 is 4.97. The van der Waals surface area contributed by atoms with E-state index in [2.05, 4.69) is 5.32 Å². The van der Waals surface area contributed by atoms with Gasteiger partial charge in [-0.1, -0.05) is 25.6 Å². The second-order valence-corrected chi connectivity index (χ2v) is 4.22. The van der Waals surface area contributed by atoms with E-state index in [0.717, 1.165) is 0 Å². The predicted octanol–water partition coefficient (Wildman–Crippen LogP) is 1.01. The maximum atomic E-state index is 11.0. The lowest BCUT2D eigenvalue weighted by molar-refractivity contribution is -0.147. The van der Waals surface area contributed by atoms with Crippen LogP contribution in [0.2, 0.25) is 0 Å². The summed E-state index contributed by atoms with van der Waals surface area (Å²) in [5.74, 6) is 0.361. The number of carbonyl (C=O) groups excluding carboxylic acids is 2. The molecule has 0 aliphatic carbocycles. The lowest BCUT2D eigenvalue weighted by Crippen LogP contribution is -2.32. The van der Waals surface area contributed by atoms with E-state index < -0.39 is 0 Å². The zero-order valence-corrected chi connectivity index (χ0v) is 8.52. The Balaban J connectivity index is 2.19. The minimum absolute atomic E-state index is 0.0137. The number of carbonyl (C=O) groups is 2. The molecule has 74 valence electrons. The van der Waals surface area contributed by atoms with E-state index in [4.69, 9.17) is 4.74 Å². The molecular formula is C8H13NO3S. The van der Waals surface area contributed by atoms with Gasteiger partial charge in [-0.2, -0.15) is 0 Å². The highest BCUT2D eigenvalue weighted by Crippen LogP contribution is 2.13. The summed E-state index contributed by atoms with van der Waals surface area (Å²) in [6.45, 7) is 3.85. The number of rotatable bonds is 3. The molecule has 4 nitrogen and oxygen atoms in total. The van der Waals surface area contributed by atoms with Crippen LogP contribution in [0.25, 0.3) is 0 Å². The zero-order valence-electron chi connectivity index (χ0n) is 7.70. The summed E-state index contributed by atoms with van der Waals surface area (Å²) in [6, 6.07) is -0.0137. The molecule has 5 heteroatoms. The Hall–Kier alpha value is -0.710. The summed E-state index contributed by atoms with van der Waals surface area (Å²) in [5, 5.41) is 2.66. The lowest BCUT2D eigenvalue weighted by Gasteiger charge is -2.11. The van der Waals surface area contributed by atoms with Gasteiger partial charge in [0.2, 0.25) is 0 Å². The number of hydrogen-bond acceptors (Lipinski definition) is 4. The molecule has 0 radical (unpaired) electrons. The topological polar surface area (TPSA) is 55.4 Å². The molecule has 1 fully saturated rings. The average molecular weight is 203 g/mol. The van der Waals surface area contributed by atoms with Gasteiger partial charge in [0.15, 0.2) is 0 Å². The third-order valence-corrected chi connectivity index (χ3v) is 2.58. The number of thioether (sulfide) groups is 1. The van der Waals surface area contributed by atoms with Crippen LogP contribution >= 0.6 is 11.8 Å². The Labute approximate surface area is 81.4 Å². The highest BCUT2D eigenvalue weighted by Gasteiger charge is 2.23. The highest BCUT2D eigenvalue weighted by molar-refractivity contribution is 8.13. The maximum Gasteiger partial charge on any atom is 0.308 e. The van der Waals surface area contributed by atoms with Gasteiger partial charge >= 0.3 is 5.97 Å². The monoisotopic (exact) mass is 203 g/mol. The van der Waals surface area contributed by atoms with Gasteiger partial charge in [-0.05, 0) is 0 Å². The smallest absolute Gasteiger partial charge is 0.308 e. The summed E-state index contributed by atoms with van der Waals surface area (Å²) in [4.78, 5) is 21.8. The quantitative estimate of drug-likeness (QED) is 0.695. The van der Waals surface area contributed by atoms with E-state index in [0.29, 0.717) is 5.75 Å². The molecule has 1 aliphatic rings. The van der Waals surface area contributed by atoms with E-state index in [1.807, 2.05) is 0 Å². The fourth-order valence-electron chi connectivity index (χ4n) is 0.865. The van der Waals surface area contributed by atoms with Gasteiger partial charge in [-0.3, -0.25) is 9.59 Å². The van der Waals surface area contributed by atoms with Crippen LogP contribution in [-0.4, -0.2) is 29.6 Å². The maximum absolute atomic E-state index is 11.0. The number of hydrogen-bond donors (Lipinski definition) is 1. The molecule has 0 aromatic heterocycles. The molecular weight excluding hydrogens is 190 g/mol. The Kier molecular flexibility index (Phi) is 3.59. The standard InChI is InChI=1S/C8H13NO3S/c1-5(2)7(10)12-3-6-4-13-8(11)9-6/h5-6H,3-4H2,1-2H3,(H,9,11)/t6-/m1/s1. The van der Waals surface area contributed by atoms with Crippen molar-refractivity contribution in [3.8, 4) is 0 Å². The van der Waals surface area contributed by atoms with E-state index in [-0.39, 0.29) is 29.8 Å². The zero-order chi connectivity index (χ0) is 9.84. The third-order valence-electron chi connectivity index (χ3n) is 1.64. The molecule has 1 aliphatic heterocycles. The minimum Gasteiger partial charge on any atom is -0.463 e. The first-order valence-corrected chi connectivity index (χ1v) is 5.18. The van der Waals surface area contributed by atoms with Crippen LogP contribution in [0.5, 0.6) is 0 Å². The van der Waals surface area contributed by atoms with E-state index >= 15 is 0 Å². The van der Waals surface area contributed by atoms with Crippen molar-refractivity contribution in [2.75, 3.05) is 12.4 Å². The SMILES string of the molecule is CC(C)C(=O)OC[C@@H]1CSC(=O)N1. The van der Waals surface area contributed by atoms with Crippen molar-refractivity contribution in [3.63, 3.8) is 0 Å². The number of nitrogens with one attached hydrogen (secondary N) is 1. The summed E-state index contributed by atoms with van der Waals surface area (Å²) in [6.07, 6.45) is 0. The largest absolute Gasteiger partial charge is 0.463 e. The molecule has 1 atom stereocenters. The molecule has 0 unspecified atom stereocenters. The second-order valence-electron chi connectivity index (χ2n) is 3.22. The molecule has 0 aromatic carbocycles. The summed E-state index contributed by atoms with van der Waals surface area (Å²) >= 11 is 1.22. The van der Waals surface area contributed by atoms with Gasteiger partial charge in [-0.15, -0.1) is 0 Å². The van der Waals surface area contributed by atoms with Gasteiger partial charge in [-0.25, -0.2) is 0 Å². The fraction of sp³-hybridized carbons (Fsp3) is 0.750. The summed E-state index contributed by atoms with van der Waals surface area (Å²) in [7, 11) is 0. The Morgan fingerprint density at radius 3 is 2.92 bits per heavy atom. The van der Waals surface area contributed by atoms with Crippen molar-refractivity contribution in [3.05, 3.63) is 0 Å². The van der Waals surface area contributed by atoms with Crippen LogP contribution in [0.4, 0.5) is 4.79 Å². The van der Waals surface area contributed by atoms with Crippen LogP contribution < -0.4 is 5.32 Å². The Bertz CT molecular complexity index is 217. The van der Waals surface area contributed by atoms with Crippen molar-refractivity contribution in [1.29, 1.82) is 0 Å². The molecule has 1 N–H and O–H groups in total. The average Bonchev–Trinajstić information content (AvgIpc) is 2.47. The van der Waals surface area contributed by atoms with Gasteiger partial charge in [0.1, 0.15) is 6.61 Å². The van der Waals surface area contributed by atoms with Crippen molar-refractivity contribution < 1.29 is 14.3 Å². The van der Waals surface area contributed by atoms with Crippen molar-refractivity contribution in [2.24, 2.45) is 5.92 Å². The van der Waals surface area contributed by atoms with Crippen LogP contribution in [0.1, 0.15) is 13.8 Å². The van der Waals surface area contributed by atoms with Crippen LogP contribution in [0.3, 0.4) is 0 Å². The van der Waals surface area contributed by atoms with Gasteiger partial charge < -0.3 is 10.1 Å². The Morgan fingerprint density at radius 1 is 1.77 bits per heavy atom. The minimum atomic E-state index is -0.217. The van der Waals surface area contributed by atoms with Crippen LogP contribution in [0.15, 0.2) is 0 Å². The molecule has 0 saturated carbocycles. The van der Waals surface area contributed by atoms with E-state index in [9.17, 15) is 9.59 Å². The fourth-order valence-corrected chi connectivity index (χ4v) is 1.65. The van der Waals surface area contributed by atoms with Crippen LogP contribution in [0, 0.1) is 5.92 Å². The van der Waals surface area contributed by atoms with Gasteiger partial charge in [0.25, 0.3) is 5.24 Å². The number of ether oxygens (including phenoxy) is 1. The van der Waals surface area contributed by atoms with Gasteiger partial charge in [0, 0.05) is 5.75 Å². The van der Waals surface area contributed by atoms with Crippen molar-refractivity contribution in [1.82, 2.24) is 5.32 Å². The first-order chi connectivity index (χ1) is 6.09. The third kappa shape index (κ3) is 3.26. The number of esters is 1. The predicted molar refractivity (Wildman–Crippen MR) is 50.6 cm³/mol. The first-order valence-electron chi connectivity index (χ1n) is 4.19. The normalized spacial score (nSPS) is 21.8. The van der Waals surface area contributed by atoms with E-state index in [1.165, 1.54) is 11.8 Å². The molecule has 1 saturated heterocycles. The van der Waals surface area contributed by atoms with Crippen molar-refractivity contribution in [2.45, 2.75) is 19.9 Å². The molecule has 0 bridgehead atoms. The Morgan fingerprint density at radius 2 is 2.46 bits per heavy atom. The molecule has 1 amide bonds. The molecule has 1 rings (SSSR count). The molecule has 0 spiro atoms. The highest BCUT2D eigenvalue weighted by atomic mass is 32.2. The van der Waals surface area contributed by atoms with Crippen molar-refractivity contribution >= 4 is 23.0 Å². The first kappa shape index (κ1) is 10.4. The molecule has 0 aromatic rings.